The molecule has 0 radical (unpaired) electrons. The summed E-state index contributed by atoms with van der Waals surface area (Å²) in [4.78, 5) is 16.7. The third-order valence-corrected chi connectivity index (χ3v) is 5.03. The topological polar surface area (TPSA) is 58.6 Å². The summed E-state index contributed by atoms with van der Waals surface area (Å²) in [5.74, 6) is 1.34. The van der Waals surface area contributed by atoms with E-state index in [4.69, 9.17) is 4.74 Å². The van der Waals surface area contributed by atoms with E-state index in [2.05, 4.69) is 31.0 Å². The number of anilines is 1. The molecule has 150 valence electrons. The molecule has 1 aliphatic rings. The van der Waals surface area contributed by atoms with E-state index in [1.54, 1.807) is 0 Å². The van der Waals surface area contributed by atoms with E-state index in [0.717, 1.165) is 30.8 Å². The number of aromatic nitrogens is 2. The van der Waals surface area contributed by atoms with Gasteiger partial charge >= 0.3 is 0 Å². The molecule has 0 bridgehead atoms. The Balaban J connectivity index is 1.63. The average molecular weight is 383 g/mol. The molecule has 0 aliphatic carbocycles. The van der Waals surface area contributed by atoms with Crippen molar-refractivity contribution in [1.29, 1.82) is 0 Å². The zero-order valence-electron chi connectivity index (χ0n) is 17.5. The minimum absolute atomic E-state index is 0.0581. The van der Waals surface area contributed by atoms with E-state index in [9.17, 15) is 4.79 Å². The van der Waals surface area contributed by atoms with Crippen molar-refractivity contribution < 1.29 is 9.53 Å². The van der Waals surface area contributed by atoms with Crippen molar-refractivity contribution in [2.75, 3.05) is 32.1 Å². The summed E-state index contributed by atoms with van der Waals surface area (Å²) >= 11 is 0. The average Bonchev–Trinajstić information content (AvgIpc) is 2.67. The van der Waals surface area contributed by atoms with Gasteiger partial charge in [0, 0.05) is 32.3 Å². The molecule has 2 aromatic rings. The lowest BCUT2D eigenvalue weighted by atomic mass is 9.86. The lowest BCUT2D eigenvalue weighted by Gasteiger charge is -2.32. The van der Waals surface area contributed by atoms with Gasteiger partial charge in [0.1, 0.15) is 6.10 Å². The summed E-state index contributed by atoms with van der Waals surface area (Å²) in [5.41, 5.74) is 2.03. The van der Waals surface area contributed by atoms with E-state index in [1.165, 1.54) is 5.56 Å². The van der Waals surface area contributed by atoms with E-state index >= 15 is 0 Å². The molecule has 6 nitrogen and oxygen atoms in total. The van der Waals surface area contributed by atoms with Crippen molar-refractivity contribution in [1.82, 2.24) is 15.1 Å². The van der Waals surface area contributed by atoms with Crippen LogP contribution in [0.25, 0.3) is 0 Å². The molecule has 1 amide bonds. The minimum Gasteiger partial charge on any atom is -0.471 e. The van der Waals surface area contributed by atoms with Crippen molar-refractivity contribution in [3.05, 3.63) is 47.5 Å². The lowest BCUT2D eigenvalue weighted by molar-refractivity contribution is 0.0525. The molecule has 1 atom stereocenters. The molecule has 0 spiro atoms. The van der Waals surface area contributed by atoms with Crippen LogP contribution in [0.5, 0.6) is 5.88 Å². The standard InChI is InChI=1S/C22H30N4O2/c1-22(2,3)17-10-8-16(9-11-17)21(27)26-14-6-7-18(15-26)28-20-13-12-19(23-24-20)25(4)5/h8-13,18H,6-7,14-15H2,1-5H3. The van der Waals surface area contributed by atoms with Crippen molar-refractivity contribution in [3.8, 4) is 5.88 Å². The molecule has 2 heterocycles. The summed E-state index contributed by atoms with van der Waals surface area (Å²) in [6.45, 7) is 7.83. The minimum atomic E-state index is -0.0638. The predicted octanol–water partition coefficient (Wildman–Crippen LogP) is 3.52. The number of ether oxygens (including phenoxy) is 1. The summed E-state index contributed by atoms with van der Waals surface area (Å²) in [6.07, 6.45) is 1.76. The third kappa shape index (κ3) is 4.80. The molecule has 1 unspecified atom stereocenters. The Hall–Kier alpha value is -2.63. The number of carbonyl (C=O) groups is 1. The van der Waals surface area contributed by atoms with E-state index in [1.807, 2.05) is 60.3 Å². The maximum absolute atomic E-state index is 12.9. The summed E-state index contributed by atoms with van der Waals surface area (Å²) < 4.78 is 5.98. The molecule has 1 aliphatic heterocycles. The van der Waals surface area contributed by atoms with Gasteiger partial charge in [-0.1, -0.05) is 32.9 Å². The largest absolute Gasteiger partial charge is 0.471 e. The molecule has 3 rings (SSSR count). The highest BCUT2D eigenvalue weighted by Gasteiger charge is 2.26. The van der Waals surface area contributed by atoms with Gasteiger partial charge < -0.3 is 14.5 Å². The van der Waals surface area contributed by atoms with E-state index < -0.39 is 0 Å². The highest BCUT2D eigenvalue weighted by Crippen LogP contribution is 2.24. The van der Waals surface area contributed by atoms with E-state index in [-0.39, 0.29) is 17.4 Å². The van der Waals surface area contributed by atoms with Crippen LogP contribution >= 0.6 is 0 Å². The second-order valence-corrected chi connectivity index (χ2v) is 8.58. The number of likely N-dealkylation sites (tertiary alicyclic amines) is 1. The molecule has 1 fully saturated rings. The van der Waals surface area contributed by atoms with Crippen LogP contribution in [0.3, 0.4) is 0 Å². The fourth-order valence-electron chi connectivity index (χ4n) is 3.30. The zero-order valence-corrected chi connectivity index (χ0v) is 17.5. The second kappa shape index (κ2) is 8.17. The number of rotatable bonds is 4. The number of hydrogen-bond acceptors (Lipinski definition) is 5. The van der Waals surface area contributed by atoms with Crippen molar-refractivity contribution in [3.63, 3.8) is 0 Å². The molecule has 0 saturated carbocycles. The van der Waals surface area contributed by atoms with Gasteiger partial charge in [-0.2, -0.15) is 0 Å². The fourth-order valence-corrected chi connectivity index (χ4v) is 3.30. The summed E-state index contributed by atoms with van der Waals surface area (Å²) in [5, 5.41) is 8.28. The molecule has 1 aromatic heterocycles. The molecule has 0 N–H and O–H groups in total. The van der Waals surface area contributed by atoms with E-state index in [0.29, 0.717) is 12.4 Å². The van der Waals surface area contributed by atoms with Crippen molar-refractivity contribution in [2.45, 2.75) is 45.1 Å². The Kier molecular flexibility index (Phi) is 5.87. The predicted molar refractivity (Wildman–Crippen MR) is 111 cm³/mol. The Labute approximate surface area is 167 Å². The second-order valence-electron chi connectivity index (χ2n) is 8.58. The third-order valence-electron chi connectivity index (χ3n) is 5.03. The number of hydrogen-bond donors (Lipinski definition) is 0. The van der Waals surface area contributed by atoms with Gasteiger partial charge in [-0.15, -0.1) is 10.2 Å². The Morgan fingerprint density at radius 3 is 2.39 bits per heavy atom. The van der Waals surface area contributed by atoms with Crippen LogP contribution in [0.2, 0.25) is 0 Å². The Morgan fingerprint density at radius 2 is 1.82 bits per heavy atom. The van der Waals surface area contributed by atoms with Gasteiger partial charge in [0.2, 0.25) is 5.88 Å². The highest BCUT2D eigenvalue weighted by molar-refractivity contribution is 5.94. The van der Waals surface area contributed by atoms with Crippen LogP contribution in [0.4, 0.5) is 5.82 Å². The Bertz CT molecular complexity index is 795. The first-order valence-corrected chi connectivity index (χ1v) is 9.81. The fraction of sp³-hybridized carbons (Fsp3) is 0.500. The summed E-state index contributed by atoms with van der Waals surface area (Å²) in [7, 11) is 3.84. The maximum atomic E-state index is 12.9. The number of nitrogens with zero attached hydrogens (tertiary/aromatic N) is 4. The van der Waals surface area contributed by atoms with Gasteiger partial charge in [-0.05, 0) is 42.0 Å². The number of amides is 1. The first kappa shape index (κ1) is 20.1. The van der Waals surface area contributed by atoms with Crippen LogP contribution in [0, 0.1) is 0 Å². The SMILES string of the molecule is CN(C)c1ccc(OC2CCCN(C(=O)c3ccc(C(C)(C)C)cc3)C2)nn1. The molecule has 1 aromatic carbocycles. The quantitative estimate of drug-likeness (QED) is 0.810. The first-order chi connectivity index (χ1) is 13.2. The summed E-state index contributed by atoms with van der Waals surface area (Å²) in [6, 6.07) is 11.7. The van der Waals surface area contributed by atoms with Crippen LogP contribution in [-0.4, -0.2) is 54.3 Å². The molecule has 6 heteroatoms. The van der Waals surface area contributed by atoms with Gasteiger partial charge in [-0.25, -0.2) is 0 Å². The Morgan fingerprint density at radius 1 is 1.11 bits per heavy atom. The van der Waals surface area contributed by atoms with Crippen LogP contribution in [-0.2, 0) is 5.41 Å². The zero-order chi connectivity index (χ0) is 20.3. The number of piperidine rings is 1. The van der Waals surface area contributed by atoms with Crippen LogP contribution < -0.4 is 9.64 Å². The van der Waals surface area contributed by atoms with Crippen LogP contribution in [0.1, 0.15) is 49.5 Å². The molecule has 28 heavy (non-hydrogen) atoms. The molecular weight excluding hydrogens is 352 g/mol. The number of benzene rings is 1. The van der Waals surface area contributed by atoms with Crippen LogP contribution in [0.15, 0.2) is 36.4 Å². The van der Waals surface area contributed by atoms with Gasteiger partial charge in [0.15, 0.2) is 5.82 Å². The highest BCUT2D eigenvalue weighted by atomic mass is 16.5. The van der Waals surface area contributed by atoms with Gasteiger partial charge in [0.25, 0.3) is 5.91 Å². The van der Waals surface area contributed by atoms with Gasteiger partial charge in [-0.3, -0.25) is 4.79 Å². The first-order valence-electron chi connectivity index (χ1n) is 9.81. The smallest absolute Gasteiger partial charge is 0.253 e. The lowest BCUT2D eigenvalue weighted by Crippen LogP contribution is -2.44. The monoisotopic (exact) mass is 382 g/mol. The van der Waals surface area contributed by atoms with Crippen molar-refractivity contribution in [2.24, 2.45) is 0 Å². The normalized spacial score (nSPS) is 17.3. The van der Waals surface area contributed by atoms with Crippen molar-refractivity contribution >= 4 is 11.7 Å². The maximum Gasteiger partial charge on any atom is 0.253 e. The van der Waals surface area contributed by atoms with Gasteiger partial charge in [0.05, 0.1) is 6.54 Å². The number of carbonyl (C=O) groups excluding carboxylic acids is 1. The molecule has 1 saturated heterocycles. The molecular formula is C22H30N4O2.